The van der Waals surface area contributed by atoms with Crippen LogP contribution in [0.1, 0.15) is 12.0 Å². The van der Waals surface area contributed by atoms with Crippen molar-refractivity contribution in [1.29, 1.82) is 0 Å². The molecule has 0 saturated carbocycles. The zero-order chi connectivity index (χ0) is 20.1. The minimum absolute atomic E-state index is 0.113. The number of carbonyl (C=O) groups excluding carboxylic acids is 1. The third-order valence-electron chi connectivity index (χ3n) is 4.02. The number of benzene rings is 3. The molecule has 0 atom stereocenters. The molecule has 0 unspecified atom stereocenters. The van der Waals surface area contributed by atoms with Crippen LogP contribution in [-0.2, 0) is 4.79 Å². The molecule has 3 rings (SSSR count). The molecule has 0 aliphatic rings. The van der Waals surface area contributed by atoms with E-state index in [2.05, 4.69) is 47.7 Å². The van der Waals surface area contributed by atoms with Gasteiger partial charge in [-0.2, -0.15) is 5.10 Å². The van der Waals surface area contributed by atoms with Crippen LogP contribution in [0.25, 0.3) is 10.8 Å². The Labute approximate surface area is 178 Å². The molecule has 6 nitrogen and oxygen atoms in total. The number of hydrogen-bond donors (Lipinski definition) is 4. The van der Waals surface area contributed by atoms with Crippen molar-refractivity contribution in [3.63, 3.8) is 0 Å². The van der Waals surface area contributed by atoms with Gasteiger partial charge in [0.25, 0.3) is 0 Å². The van der Waals surface area contributed by atoms with Gasteiger partial charge in [-0.1, -0.05) is 30.3 Å². The van der Waals surface area contributed by atoms with Crippen molar-refractivity contribution in [2.75, 3.05) is 11.9 Å². The highest BCUT2D eigenvalue weighted by molar-refractivity contribution is 9.11. The van der Waals surface area contributed by atoms with E-state index in [1.807, 2.05) is 42.5 Å². The predicted octanol–water partition coefficient (Wildman–Crippen LogP) is 4.73. The zero-order valence-electron chi connectivity index (χ0n) is 14.6. The van der Waals surface area contributed by atoms with Gasteiger partial charge in [0.15, 0.2) is 0 Å². The normalized spacial score (nSPS) is 11.1. The Morgan fingerprint density at radius 1 is 1.04 bits per heavy atom. The minimum atomic E-state index is -0.263. The van der Waals surface area contributed by atoms with Crippen molar-refractivity contribution in [2.45, 2.75) is 6.42 Å². The largest absolute Gasteiger partial charge is 0.506 e. The van der Waals surface area contributed by atoms with Crippen molar-refractivity contribution in [2.24, 2.45) is 5.10 Å². The van der Waals surface area contributed by atoms with Crippen LogP contribution in [0.3, 0.4) is 0 Å². The molecule has 0 radical (unpaired) electrons. The standard InChI is InChI=1S/C20H17Br2N3O3/c21-16-10-14(19(27)18(22)20(16)28)11-24-25-17(26)7-8-23-15-6-5-12-3-1-2-4-13(12)9-15/h1-6,9-11,23,27-28H,7-8H2,(H,25,26)/b24-11+. The summed E-state index contributed by atoms with van der Waals surface area (Å²) in [5, 5.41) is 29.0. The Morgan fingerprint density at radius 2 is 1.79 bits per heavy atom. The van der Waals surface area contributed by atoms with E-state index in [-0.39, 0.29) is 28.3 Å². The van der Waals surface area contributed by atoms with Crippen molar-refractivity contribution < 1.29 is 15.0 Å². The smallest absolute Gasteiger partial charge is 0.241 e. The average Bonchev–Trinajstić information content (AvgIpc) is 2.70. The zero-order valence-corrected chi connectivity index (χ0v) is 17.8. The number of nitrogens with zero attached hydrogens (tertiary/aromatic N) is 1. The second kappa shape index (κ2) is 9.07. The molecule has 0 aromatic heterocycles. The van der Waals surface area contributed by atoms with Gasteiger partial charge >= 0.3 is 0 Å². The van der Waals surface area contributed by atoms with Crippen LogP contribution in [-0.4, -0.2) is 28.9 Å². The molecule has 4 N–H and O–H groups in total. The van der Waals surface area contributed by atoms with Crippen molar-refractivity contribution >= 4 is 60.4 Å². The Balaban J connectivity index is 1.51. The number of fused-ring (bicyclic) bond motifs is 1. The molecule has 0 bridgehead atoms. The lowest BCUT2D eigenvalue weighted by molar-refractivity contribution is -0.120. The summed E-state index contributed by atoms with van der Waals surface area (Å²) in [5.41, 5.74) is 3.70. The molecule has 0 heterocycles. The Kier molecular flexibility index (Phi) is 6.53. The fraction of sp³-hybridized carbons (Fsp3) is 0.100. The summed E-state index contributed by atoms with van der Waals surface area (Å²) in [6.07, 6.45) is 1.54. The van der Waals surface area contributed by atoms with Gasteiger partial charge in [-0.25, -0.2) is 5.43 Å². The molecule has 0 aliphatic carbocycles. The predicted molar refractivity (Wildman–Crippen MR) is 118 cm³/mol. The Hall–Kier alpha value is -2.58. The van der Waals surface area contributed by atoms with E-state index in [4.69, 9.17) is 0 Å². The topological polar surface area (TPSA) is 94.0 Å². The molecule has 3 aromatic carbocycles. The summed E-state index contributed by atoms with van der Waals surface area (Å²) < 4.78 is 0.541. The highest BCUT2D eigenvalue weighted by atomic mass is 79.9. The van der Waals surface area contributed by atoms with Crippen LogP contribution in [0.2, 0.25) is 0 Å². The van der Waals surface area contributed by atoms with Crippen molar-refractivity contribution in [3.05, 3.63) is 63.0 Å². The van der Waals surface area contributed by atoms with Gasteiger partial charge in [0.2, 0.25) is 5.91 Å². The summed E-state index contributed by atoms with van der Waals surface area (Å²) in [5.74, 6) is -0.545. The molecule has 3 aromatic rings. The number of anilines is 1. The first-order valence-electron chi connectivity index (χ1n) is 8.40. The highest BCUT2D eigenvalue weighted by Crippen LogP contribution is 2.40. The molecule has 0 spiro atoms. The molecule has 0 saturated heterocycles. The van der Waals surface area contributed by atoms with E-state index < -0.39 is 0 Å². The van der Waals surface area contributed by atoms with Gasteiger partial charge in [-0.05, 0) is 60.8 Å². The van der Waals surface area contributed by atoms with Gasteiger partial charge in [0.1, 0.15) is 16.0 Å². The average molecular weight is 507 g/mol. The van der Waals surface area contributed by atoms with E-state index in [1.54, 1.807) is 0 Å². The van der Waals surface area contributed by atoms with Crippen LogP contribution >= 0.6 is 31.9 Å². The molecule has 0 aliphatic heterocycles. The van der Waals surface area contributed by atoms with Gasteiger partial charge in [-0.3, -0.25) is 4.79 Å². The van der Waals surface area contributed by atoms with E-state index in [9.17, 15) is 15.0 Å². The van der Waals surface area contributed by atoms with Gasteiger partial charge < -0.3 is 15.5 Å². The summed E-state index contributed by atoms with van der Waals surface area (Å²) in [6, 6.07) is 15.6. The molecule has 8 heteroatoms. The third-order valence-corrected chi connectivity index (χ3v) is 5.38. The fourth-order valence-corrected chi connectivity index (χ4v) is 3.72. The molecule has 1 amide bonds. The van der Waals surface area contributed by atoms with E-state index in [1.165, 1.54) is 12.3 Å². The maximum atomic E-state index is 11.9. The minimum Gasteiger partial charge on any atom is -0.506 e. The first kappa shape index (κ1) is 20.2. The first-order chi connectivity index (χ1) is 13.5. The van der Waals surface area contributed by atoms with Crippen LogP contribution in [0.15, 0.2) is 62.6 Å². The number of carbonyl (C=O) groups is 1. The highest BCUT2D eigenvalue weighted by Gasteiger charge is 2.12. The number of phenolic OH excluding ortho intramolecular Hbond substituents is 2. The SMILES string of the molecule is O=C(CCNc1ccc2ccccc2c1)N/N=C/c1cc(Br)c(O)c(Br)c1O. The van der Waals surface area contributed by atoms with Crippen LogP contribution in [0.5, 0.6) is 11.5 Å². The molecule has 0 fully saturated rings. The maximum absolute atomic E-state index is 11.9. The summed E-state index contributed by atoms with van der Waals surface area (Å²) in [4.78, 5) is 11.9. The molecular weight excluding hydrogens is 490 g/mol. The lowest BCUT2D eigenvalue weighted by Gasteiger charge is -2.07. The lowest BCUT2D eigenvalue weighted by atomic mass is 10.1. The second-order valence-electron chi connectivity index (χ2n) is 5.99. The van der Waals surface area contributed by atoms with E-state index in [0.29, 0.717) is 16.6 Å². The summed E-state index contributed by atoms with van der Waals surface area (Å²) >= 11 is 6.26. The number of rotatable bonds is 6. The van der Waals surface area contributed by atoms with Crippen LogP contribution in [0.4, 0.5) is 5.69 Å². The third kappa shape index (κ3) is 4.82. The second-order valence-corrected chi connectivity index (χ2v) is 7.64. The Bertz CT molecular complexity index is 1050. The van der Waals surface area contributed by atoms with Crippen LogP contribution < -0.4 is 10.7 Å². The van der Waals surface area contributed by atoms with E-state index in [0.717, 1.165) is 16.5 Å². The number of hydrazone groups is 1. The van der Waals surface area contributed by atoms with Crippen LogP contribution in [0, 0.1) is 0 Å². The number of aromatic hydroxyl groups is 2. The molecular formula is C20H17Br2N3O3. The number of nitrogens with one attached hydrogen (secondary N) is 2. The quantitative estimate of drug-likeness (QED) is 0.287. The van der Waals surface area contributed by atoms with Crippen molar-refractivity contribution in [3.8, 4) is 11.5 Å². The van der Waals surface area contributed by atoms with Gasteiger partial charge in [-0.15, -0.1) is 0 Å². The fourth-order valence-electron chi connectivity index (χ4n) is 2.56. The number of halogens is 2. The van der Waals surface area contributed by atoms with Gasteiger partial charge in [0.05, 0.1) is 10.7 Å². The monoisotopic (exact) mass is 505 g/mol. The number of hydrogen-bond acceptors (Lipinski definition) is 5. The first-order valence-corrected chi connectivity index (χ1v) is 9.99. The summed E-state index contributed by atoms with van der Waals surface area (Å²) in [7, 11) is 0. The lowest BCUT2D eigenvalue weighted by Crippen LogP contribution is -2.20. The number of amides is 1. The maximum Gasteiger partial charge on any atom is 0.241 e. The van der Waals surface area contributed by atoms with Gasteiger partial charge in [0, 0.05) is 24.2 Å². The molecule has 144 valence electrons. The van der Waals surface area contributed by atoms with E-state index >= 15 is 0 Å². The van der Waals surface area contributed by atoms with Crippen molar-refractivity contribution in [1.82, 2.24) is 5.43 Å². The molecule has 28 heavy (non-hydrogen) atoms. The summed E-state index contributed by atoms with van der Waals surface area (Å²) in [6.45, 7) is 0.460. The Morgan fingerprint density at radius 3 is 2.57 bits per heavy atom. The number of phenols is 2.